The zero-order valence-electron chi connectivity index (χ0n) is 21.3. The average molecular weight is 467 g/mol. The van der Waals surface area contributed by atoms with Gasteiger partial charge in [0.2, 0.25) is 0 Å². The van der Waals surface area contributed by atoms with Crippen molar-refractivity contribution in [2.45, 2.75) is 89.7 Å². The van der Waals surface area contributed by atoms with Gasteiger partial charge in [0.1, 0.15) is 12.2 Å². The van der Waals surface area contributed by atoms with Crippen molar-refractivity contribution in [2.24, 2.45) is 11.8 Å². The SMILES string of the molecule is COC(=O)C[C@H]1C=C[C@H](OC)[C@@H](/C(C)=C/C=C/[C@@H](C)C[C@@]2(C)O[C@@H]2[C@H](C)C(OC)[C@@H](C)O)O1. The van der Waals surface area contributed by atoms with Crippen molar-refractivity contribution >= 4 is 5.97 Å². The van der Waals surface area contributed by atoms with E-state index in [0.29, 0.717) is 5.92 Å². The molecule has 1 N–H and O–H groups in total. The first-order valence-corrected chi connectivity index (χ1v) is 11.7. The molecule has 0 aromatic heterocycles. The zero-order chi connectivity index (χ0) is 24.8. The van der Waals surface area contributed by atoms with Crippen LogP contribution in [0.4, 0.5) is 0 Å². The van der Waals surface area contributed by atoms with Crippen LogP contribution in [0.5, 0.6) is 0 Å². The molecule has 0 amide bonds. The normalized spacial score (nSPS) is 33.5. The second kappa shape index (κ2) is 12.3. The van der Waals surface area contributed by atoms with E-state index in [2.05, 4.69) is 26.8 Å². The predicted molar refractivity (Wildman–Crippen MR) is 127 cm³/mol. The molecule has 2 heterocycles. The third-order valence-electron chi connectivity index (χ3n) is 6.66. The van der Waals surface area contributed by atoms with Crippen LogP contribution in [-0.2, 0) is 28.5 Å². The molecule has 9 atom stereocenters. The Kier molecular flexibility index (Phi) is 10.3. The Morgan fingerprint density at radius 2 is 1.91 bits per heavy atom. The molecule has 2 rings (SSSR count). The maximum absolute atomic E-state index is 11.6. The number of hydrogen-bond donors (Lipinski definition) is 1. The van der Waals surface area contributed by atoms with Crippen LogP contribution in [0.15, 0.2) is 36.0 Å². The number of esters is 1. The topological polar surface area (TPSA) is 86.8 Å². The van der Waals surface area contributed by atoms with Crippen LogP contribution in [0.2, 0.25) is 0 Å². The van der Waals surface area contributed by atoms with Crippen LogP contribution >= 0.6 is 0 Å². The highest BCUT2D eigenvalue weighted by Gasteiger charge is 2.56. The van der Waals surface area contributed by atoms with Gasteiger partial charge >= 0.3 is 5.97 Å². The summed E-state index contributed by atoms with van der Waals surface area (Å²) in [7, 11) is 4.66. The van der Waals surface area contributed by atoms with Gasteiger partial charge in [0.15, 0.2) is 0 Å². The minimum Gasteiger partial charge on any atom is -0.469 e. The summed E-state index contributed by atoms with van der Waals surface area (Å²) in [6.45, 7) is 10.1. The lowest BCUT2D eigenvalue weighted by atomic mass is 9.86. The van der Waals surface area contributed by atoms with Crippen LogP contribution in [-0.4, -0.2) is 74.6 Å². The molecule has 0 aromatic rings. The fourth-order valence-electron chi connectivity index (χ4n) is 4.88. The van der Waals surface area contributed by atoms with Gasteiger partial charge < -0.3 is 28.8 Å². The summed E-state index contributed by atoms with van der Waals surface area (Å²) in [6, 6.07) is 0. The number of hydrogen-bond acceptors (Lipinski definition) is 7. The van der Waals surface area contributed by atoms with Gasteiger partial charge in [0, 0.05) is 20.1 Å². The summed E-state index contributed by atoms with van der Waals surface area (Å²) in [5.74, 6) is 0.114. The van der Waals surface area contributed by atoms with Crippen LogP contribution < -0.4 is 0 Å². The average Bonchev–Trinajstić information content (AvgIpc) is 3.43. The lowest BCUT2D eigenvalue weighted by molar-refractivity contribution is -0.145. The van der Waals surface area contributed by atoms with Crippen LogP contribution in [0.3, 0.4) is 0 Å². The molecule has 188 valence electrons. The van der Waals surface area contributed by atoms with Gasteiger partial charge in [0.25, 0.3) is 0 Å². The van der Waals surface area contributed by atoms with E-state index in [4.69, 9.17) is 23.7 Å². The van der Waals surface area contributed by atoms with E-state index in [1.807, 2.05) is 31.2 Å². The highest BCUT2D eigenvalue weighted by Crippen LogP contribution is 2.47. The van der Waals surface area contributed by atoms with E-state index in [-0.39, 0.29) is 54.4 Å². The third-order valence-corrected chi connectivity index (χ3v) is 6.66. The first kappa shape index (κ1) is 27.7. The van der Waals surface area contributed by atoms with E-state index in [1.54, 1.807) is 21.1 Å². The molecule has 1 saturated heterocycles. The van der Waals surface area contributed by atoms with E-state index >= 15 is 0 Å². The molecular formula is C26H42O7. The number of aliphatic hydroxyl groups is 1. The van der Waals surface area contributed by atoms with E-state index < -0.39 is 6.10 Å². The van der Waals surface area contributed by atoms with E-state index in [0.717, 1.165) is 12.0 Å². The number of epoxide rings is 1. The number of carbonyl (C=O) groups excluding carboxylic acids is 1. The Morgan fingerprint density at radius 3 is 2.48 bits per heavy atom. The molecule has 7 heteroatoms. The molecule has 2 aliphatic heterocycles. The maximum atomic E-state index is 11.6. The number of methoxy groups -OCH3 is 3. The van der Waals surface area contributed by atoms with Crippen molar-refractivity contribution in [1.29, 1.82) is 0 Å². The smallest absolute Gasteiger partial charge is 0.308 e. The summed E-state index contributed by atoms with van der Waals surface area (Å²) in [5.41, 5.74) is 0.803. The van der Waals surface area contributed by atoms with Crippen molar-refractivity contribution in [3.05, 3.63) is 36.0 Å². The van der Waals surface area contributed by atoms with E-state index in [9.17, 15) is 9.90 Å². The van der Waals surface area contributed by atoms with Crippen molar-refractivity contribution in [2.75, 3.05) is 21.3 Å². The number of rotatable bonds is 12. The standard InChI is InChI=1S/C26H42O7/c1-16(15-26(5)25(33-26)18(3)24(31-8)19(4)27)10-9-11-17(2)23-21(29-6)13-12-20(32-23)14-22(28)30-7/h9-13,16,18-21,23-25,27H,14-15H2,1-8H3/b10-9+,17-11+/t16-,18-,19-,20-,21+,23-,24?,25-,26-/m1/s1. The quantitative estimate of drug-likeness (QED) is 0.203. The van der Waals surface area contributed by atoms with Gasteiger partial charge in [-0.25, -0.2) is 0 Å². The van der Waals surface area contributed by atoms with E-state index in [1.165, 1.54) is 7.11 Å². The van der Waals surface area contributed by atoms with Gasteiger partial charge in [-0.15, -0.1) is 0 Å². The molecule has 33 heavy (non-hydrogen) atoms. The number of aliphatic hydroxyl groups excluding tert-OH is 1. The fraction of sp³-hybridized carbons (Fsp3) is 0.731. The van der Waals surface area contributed by atoms with Gasteiger partial charge in [-0.3, -0.25) is 4.79 Å². The van der Waals surface area contributed by atoms with Gasteiger partial charge in [-0.1, -0.05) is 44.2 Å². The second-order valence-corrected chi connectivity index (χ2v) is 9.59. The summed E-state index contributed by atoms with van der Waals surface area (Å²) in [4.78, 5) is 11.6. The molecule has 0 aromatic carbocycles. The highest BCUT2D eigenvalue weighted by atomic mass is 16.6. The van der Waals surface area contributed by atoms with Crippen LogP contribution in [0.1, 0.15) is 47.5 Å². The molecule has 2 aliphatic rings. The predicted octanol–water partition coefficient (Wildman–Crippen LogP) is 3.61. The Morgan fingerprint density at radius 1 is 1.21 bits per heavy atom. The highest BCUT2D eigenvalue weighted by molar-refractivity contribution is 5.70. The first-order chi connectivity index (χ1) is 15.6. The lowest BCUT2D eigenvalue weighted by Gasteiger charge is -2.32. The zero-order valence-corrected chi connectivity index (χ0v) is 21.3. The Hall–Kier alpha value is -1.51. The molecule has 0 saturated carbocycles. The summed E-state index contributed by atoms with van der Waals surface area (Å²) < 4.78 is 27.9. The van der Waals surface area contributed by atoms with Crippen LogP contribution in [0.25, 0.3) is 0 Å². The molecule has 7 nitrogen and oxygen atoms in total. The first-order valence-electron chi connectivity index (χ1n) is 11.7. The largest absolute Gasteiger partial charge is 0.469 e. The molecule has 0 aliphatic carbocycles. The van der Waals surface area contributed by atoms with Crippen LogP contribution in [0, 0.1) is 11.8 Å². The summed E-state index contributed by atoms with van der Waals surface area (Å²) in [6.07, 6.45) is 9.58. The Bertz CT molecular complexity index is 728. The monoisotopic (exact) mass is 466 g/mol. The molecular weight excluding hydrogens is 424 g/mol. The Balaban J connectivity index is 1.94. The summed E-state index contributed by atoms with van der Waals surface area (Å²) >= 11 is 0. The molecule has 0 bridgehead atoms. The maximum Gasteiger partial charge on any atom is 0.308 e. The van der Waals surface area contributed by atoms with Gasteiger partial charge in [0.05, 0.1) is 43.5 Å². The van der Waals surface area contributed by atoms with Crippen molar-refractivity contribution < 1.29 is 33.6 Å². The van der Waals surface area contributed by atoms with Crippen molar-refractivity contribution in [3.63, 3.8) is 0 Å². The van der Waals surface area contributed by atoms with Crippen molar-refractivity contribution in [3.8, 4) is 0 Å². The Labute approximate surface area is 198 Å². The second-order valence-electron chi connectivity index (χ2n) is 9.59. The van der Waals surface area contributed by atoms with Gasteiger partial charge in [-0.05, 0) is 38.7 Å². The fourth-order valence-corrected chi connectivity index (χ4v) is 4.88. The van der Waals surface area contributed by atoms with Gasteiger partial charge in [-0.2, -0.15) is 0 Å². The lowest BCUT2D eigenvalue weighted by Crippen LogP contribution is -2.38. The minimum absolute atomic E-state index is 0.0711. The minimum atomic E-state index is -0.538. The third kappa shape index (κ3) is 7.49. The molecule has 0 spiro atoms. The molecule has 1 fully saturated rings. The summed E-state index contributed by atoms with van der Waals surface area (Å²) in [5, 5.41) is 9.95. The number of allylic oxidation sites excluding steroid dienone is 3. The number of carbonyl (C=O) groups is 1. The number of ether oxygens (including phenoxy) is 5. The van der Waals surface area contributed by atoms with Crippen molar-refractivity contribution in [1.82, 2.24) is 0 Å². The molecule has 1 unspecified atom stereocenters. The molecule has 0 radical (unpaired) electrons.